The number of carbonyl (C=O) groups excluding carboxylic acids is 1. The number of likely N-dealkylation sites (tertiary alicyclic amines) is 1. The topological polar surface area (TPSA) is 61.8 Å². The molecule has 5 nitrogen and oxygen atoms in total. The Hall–Kier alpha value is -2.37. The largest absolute Gasteiger partial charge is 0.497 e. The highest BCUT2D eigenvalue weighted by atomic mass is 16.5. The predicted molar refractivity (Wildman–Crippen MR) is 148 cm³/mol. The molecule has 5 heteroatoms. The van der Waals surface area contributed by atoms with Gasteiger partial charge in [0, 0.05) is 31.0 Å². The zero-order valence-corrected chi connectivity index (χ0v) is 22.5. The third kappa shape index (κ3) is 6.21. The fourth-order valence-corrected chi connectivity index (χ4v) is 6.86. The van der Waals surface area contributed by atoms with Crippen LogP contribution in [0.15, 0.2) is 54.6 Å². The quantitative estimate of drug-likeness (QED) is 0.410. The van der Waals surface area contributed by atoms with Crippen molar-refractivity contribution >= 4 is 5.91 Å². The van der Waals surface area contributed by atoms with E-state index in [0.29, 0.717) is 12.8 Å². The molecule has 3 unspecified atom stereocenters. The number of benzene rings is 2. The number of carbonyl (C=O) groups is 1. The number of unbranched alkanes of at least 4 members (excludes halogenated alkanes) is 2. The van der Waals surface area contributed by atoms with Gasteiger partial charge in [0.05, 0.1) is 12.7 Å². The minimum Gasteiger partial charge on any atom is -0.497 e. The Morgan fingerprint density at radius 1 is 1.05 bits per heavy atom. The van der Waals surface area contributed by atoms with Gasteiger partial charge >= 0.3 is 0 Å². The fourth-order valence-electron chi connectivity index (χ4n) is 6.86. The molecule has 0 aromatic heterocycles. The molecule has 2 saturated carbocycles. The van der Waals surface area contributed by atoms with Gasteiger partial charge in [-0.05, 0) is 93.5 Å². The summed E-state index contributed by atoms with van der Waals surface area (Å²) in [5.74, 6) is 1.80. The van der Waals surface area contributed by atoms with Gasteiger partial charge in [-0.1, -0.05) is 48.9 Å². The maximum atomic E-state index is 12.9. The standard InChI is InChI=1S/C32H44N2O3/c1-37-29-13-8-12-27(21-29)31-19-20-34(23-26-15-16-26)24-32(31,36)18-17-28(22-31)33-30(35)14-7-3-6-11-25-9-4-2-5-10-25/h2,4-5,8-10,12-13,21,26,28,36H,3,6-7,11,14-20,22-24H2,1H3,(H,33,35). The van der Waals surface area contributed by atoms with Crippen LogP contribution in [0.2, 0.25) is 0 Å². The van der Waals surface area contributed by atoms with Gasteiger partial charge in [0.2, 0.25) is 5.91 Å². The summed E-state index contributed by atoms with van der Waals surface area (Å²) in [6, 6.07) is 18.9. The minimum atomic E-state index is -0.787. The number of fused-ring (bicyclic) bond motifs is 1. The molecule has 3 fully saturated rings. The smallest absolute Gasteiger partial charge is 0.220 e. The summed E-state index contributed by atoms with van der Waals surface area (Å²) < 4.78 is 5.56. The molecule has 1 saturated heterocycles. The van der Waals surface area contributed by atoms with Crippen LogP contribution in [0.1, 0.15) is 75.3 Å². The van der Waals surface area contributed by atoms with Crippen LogP contribution in [0.25, 0.3) is 0 Å². The summed E-state index contributed by atoms with van der Waals surface area (Å²) in [4.78, 5) is 15.4. The van der Waals surface area contributed by atoms with E-state index >= 15 is 0 Å². The van der Waals surface area contributed by atoms with Gasteiger partial charge in [0.1, 0.15) is 5.75 Å². The monoisotopic (exact) mass is 504 g/mol. The van der Waals surface area contributed by atoms with E-state index in [1.165, 1.54) is 18.4 Å². The Bertz CT molecular complexity index is 1040. The molecule has 3 atom stereocenters. The second kappa shape index (κ2) is 11.6. The third-order valence-electron chi connectivity index (χ3n) is 9.14. The van der Waals surface area contributed by atoms with Gasteiger partial charge in [0.15, 0.2) is 0 Å². The molecule has 1 heterocycles. The van der Waals surface area contributed by atoms with Gasteiger partial charge in [-0.2, -0.15) is 0 Å². The first-order valence-corrected chi connectivity index (χ1v) is 14.4. The minimum absolute atomic E-state index is 0.0956. The fraction of sp³-hybridized carbons (Fsp3) is 0.594. The number of nitrogens with one attached hydrogen (secondary N) is 1. The number of β-amino-alcohol motifs (C(OH)–C–C–N with tert-alkyl or cyclic N) is 1. The lowest BCUT2D eigenvalue weighted by Gasteiger charge is -2.58. The van der Waals surface area contributed by atoms with Gasteiger partial charge < -0.3 is 20.1 Å². The van der Waals surface area contributed by atoms with Crippen molar-refractivity contribution in [2.24, 2.45) is 5.92 Å². The molecule has 0 spiro atoms. The number of piperidine rings is 1. The van der Waals surface area contributed by atoms with Gasteiger partial charge in [-0.15, -0.1) is 0 Å². The van der Waals surface area contributed by atoms with Crippen molar-refractivity contribution in [3.8, 4) is 5.75 Å². The average Bonchev–Trinajstić information content (AvgIpc) is 3.73. The van der Waals surface area contributed by atoms with Crippen LogP contribution in [0.5, 0.6) is 5.75 Å². The summed E-state index contributed by atoms with van der Waals surface area (Å²) >= 11 is 0. The predicted octanol–water partition coefficient (Wildman–Crippen LogP) is 5.25. The van der Waals surface area contributed by atoms with Crippen molar-refractivity contribution in [1.29, 1.82) is 0 Å². The Morgan fingerprint density at radius 3 is 2.68 bits per heavy atom. The van der Waals surface area contributed by atoms with E-state index in [4.69, 9.17) is 4.74 Å². The highest BCUT2D eigenvalue weighted by molar-refractivity contribution is 5.76. The van der Waals surface area contributed by atoms with Crippen molar-refractivity contribution in [2.45, 2.75) is 87.7 Å². The lowest BCUT2D eigenvalue weighted by Crippen LogP contribution is -2.67. The van der Waals surface area contributed by atoms with Crippen LogP contribution < -0.4 is 10.1 Å². The summed E-state index contributed by atoms with van der Waals surface area (Å²) in [6.07, 6.45) is 10.7. The van der Waals surface area contributed by atoms with Gasteiger partial charge in [-0.25, -0.2) is 0 Å². The SMILES string of the molecule is COc1cccc(C23CCN(CC4CC4)CC2(O)CCC(NC(=O)CCCCCc2ccccc2)C3)c1. The first kappa shape index (κ1) is 26.2. The summed E-state index contributed by atoms with van der Waals surface area (Å²) in [5, 5.41) is 15.6. The molecule has 37 heavy (non-hydrogen) atoms. The van der Waals surface area contributed by atoms with E-state index in [-0.39, 0.29) is 17.4 Å². The van der Waals surface area contributed by atoms with Gasteiger partial charge in [-0.3, -0.25) is 4.79 Å². The molecule has 3 aliphatic rings. The van der Waals surface area contributed by atoms with Crippen LogP contribution in [0, 0.1) is 5.92 Å². The summed E-state index contributed by atoms with van der Waals surface area (Å²) in [6.45, 7) is 2.84. The van der Waals surface area contributed by atoms with Crippen molar-refractivity contribution in [3.63, 3.8) is 0 Å². The van der Waals surface area contributed by atoms with Gasteiger partial charge in [0.25, 0.3) is 0 Å². The number of hydrogen-bond donors (Lipinski definition) is 2. The Labute approximate surface area is 222 Å². The lowest BCUT2D eigenvalue weighted by molar-refractivity contribution is -0.134. The molecular formula is C32H44N2O3. The number of aliphatic hydroxyl groups is 1. The maximum absolute atomic E-state index is 12.9. The number of hydrogen-bond acceptors (Lipinski definition) is 4. The van der Waals surface area contributed by atoms with Crippen LogP contribution >= 0.6 is 0 Å². The second-order valence-corrected chi connectivity index (χ2v) is 11.8. The Morgan fingerprint density at radius 2 is 1.89 bits per heavy atom. The molecule has 2 aromatic carbocycles. The molecule has 2 N–H and O–H groups in total. The van der Waals surface area contributed by atoms with E-state index in [1.54, 1.807) is 7.11 Å². The summed E-state index contributed by atoms with van der Waals surface area (Å²) in [5.41, 5.74) is 1.37. The zero-order valence-electron chi connectivity index (χ0n) is 22.5. The van der Waals surface area contributed by atoms with E-state index < -0.39 is 5.60 Å². The zero-order chi connectivity index (χ0) is 25.7. The number of methoxy groups -OCH3 is 1. The van der Waals surface area contributed by atoms with Crippen molar-refractivity contribution in [1.82, 2.24) is 10.2 Å². The number of aryl methyl sites for hydroxylation is 1. The van der Waals surface area contributed by atoms with Crippen LogP contribution in [0.4, 0.5) is 0 Å². The van der Waals surface area contributed by atoms with Crippen molar-refractivity contribution in [2.75, 3.05) is 26.7 Å². The second-order valence-electron chi connectivity index (χ2n) is 11.8. The Balaban J connectivity index is 1.20. The summed E-state index contributed by atoms with van der Waals surface area (Å²) in [7, 11) is 1.70. The molecule has 0 bridgehead atoms. The van der Waals surface area contributed by atoms with Crippen molar-refractivity contribution < 1.29 is 14.6 Å². The average molecular weight is 505 g/mol. The van der Waals surface area contributed by atoms with Crippen LogP contribution in [-0.4, -0.2) is 54.3 Å². The molecule has 2 aromatic rings. The van der Waals surface area contributed by atoms with E-state index in [1.807, 2.05) is 12.1 Å². The third-order valence-corrected chi connectivity index (χ3v) is 9.14. The van der Waals surface area contributed by atoms with Crippen molar-refractivity contribution in [3.05, 3.63) is 65.7 Å². The molecule has 200 valence electrons. The van der Waals surface area contributed by atoms with Crippen LogP contribution in [-0.2, 0) is 16.6 Å². The lowest BCUT2D eigenvalue weighted by atomic mass is 9.55. The number of ether oxygens (including phenoxy) is 1. The van der Waals surface area contributed by atoms with Crippen LogP contribution in [0.3, 0.4) is 0 Å². The molecule has 1 aliphatic heterocycles. The maximum Gasteiger partial charge on any atom is 0.220 e. The molecule has 0 radical (unpaired) electrons. The molecular weight excluding hydrogens is 460 g/mol. The molecule has 5 rings (SSSR count). The van der Waals surface area contributed by atoms with E-state index in [9.17, 15) is 9.90 Å². The number of rotatable bonds is 11. The van der Waals surface area contributed by atoms with E-state index in [0.717, 1.165) is 81.8 Å². The van der Waals surface area contributed by atoms with E-state index in [2.05, 4.69) is 52.7 Å². The molecule has 2 aliphatic carbocycles. The highest BCUT2D eigenvalue weighted by Gasteiger charge is 2.57. The first-order valence-electron chi connectivity index (χ1n) is 14.4. The molecule has 1 amide bonds. The normalized spacial score (nSPS) is 27.9. The number of amides is 1. The highest BCUT2D eigenvalue weighted by Crippen LogP contribution is 2.52. The first-order chi connectivity index (χ1) is 18.0. The number of nitrogens with zero attached hydrogens (tertiary/aromatic N) is 1. The Kier molecular flexibility index (Phi) is 8.21.